The van der Waals surface area contributed by atoms with Crippen molar-refractivity contribution in [2.24, 2.45) is 0 Å². The molecule has 7 heteroatoms. The molecule has 27 heavy (non-hydrogen) atoms. The molecule has 4 rings (SSSR count). The van der Waals surface area contributed by atoms with Gasteiger partial charge in [-0.1, -0.05) is 0 Å². The third-order valence-electron chi connectivity index (χ3n) is 4.56. The number of halogens is 1. The molecule has 0 N–H and O–H groups in total. The Morgan fingerprint density at radius 3 is 2.56 bits per heavy atom. The van der Waals surface area contributed by atoms with Gasteiger partial charge in [-0.2, -0.15) is 0 Å². The first kappa shape index (κ1) is 17.1. The van der Waals surface area contributed by atoms with Gasteiger partial charge in [-0.3, -0.25) is 19.1 Å². The molecule has 1 aliphatic heterocycles. The first-order valence-corrected chi connectivity index (χ1v) is 8.68. The third-order valence-corrected chi connectivity index (χ3v) is 4.56. The number of anilines is 1. The van der Waals surface area contributed by atoms with Crippen molar-refractivity contribution in [2.75, 3.05) is 18.0 Å². The number of Topliss-reactive ketones (excluding diaryl/α,β-unsaturated/α-hetero) is 1. The van der Waals surface area contributed by atoms with Gasteiger partial charge in [0, 0.05) is 42.7 Å². The Morgan fingerprint density at radius 2 is 1.81 bits per heavy atom. The summed E-state index contributed by atoms with van der Waals surface area (Å²) in [4.78, 5) is 35.6. The van der Waals surface area contributed by atoms with E-state index >= 15 is 0 Å². The van der Waals surface area contributed by atoms with E-state index in [2.05, 4.69) is 9.97 Å². The second kappa shape index (κ2) is 7.11. The fourth-order valence-corrected chi connectivity index (χ4v) is 3.19. The van der Waals surface area contributed by atoms with Crippen LogP contribution < -0.4 is 10.5 Å². The summed E-state index contributed by atoms with van der Waals surface area (Å²) in [6.07, 6.45) is 4.04. The normalized spacial score (nSPS) is 13.3. The van der Waals surface area contributed by atoms with Gasteiger partial charge in [-0.25, -0.2) is 9.37 Å². The molecule has 0 spiro atoms. The lowest BCUT2D eigenvalue weighted by Gasteiger charge is -2.30. The fraction of sp³-hybridized carbons (Fsp3) is 0.200. The maximum absolute atomic E-state index is 13.1. The number of pyridine rings is 1. The summed E-state index contributed by atoms with van der Waals surface area (Å²) in [5.41, 5.74) is 1.63. The van der Waals surface area contributed by atoms with E-state index in [4.69, 9.17) is 0 Å². The SMILES string of the molecule is O=C(CN1CCCn2c1nc(-c1ccncc1)cc2=O)c1ccc(F)cc1. The molecule has 0 amide bonds. The Kier molecular flexibility index (Phi) is 4.50. The average Bonchev–Trinajstić information content (AvgIpc) is 2.69. The molecule has 6 nitrogen and oxygen atoms in total. The molecule has 0 saturated carbocycles. The van der Waals surface area contributed by atoms with Crippen LogP contribution in [0.15, 0.2) is 59.7 Å². The molecule has 0 bridgehead atoms. The van der Waals surface area contributed by atoms with Crippen molar-refractivity contribution in [1.82, 2.24) is 14.5 Å². The summed E-state index contributed by atoms with van der Waals surface area (Å²) in [6.45, 7) is 1.27. The lowest BCUT2D eigenvalue weighted by molar-refractivity contribution is 0.0997. The van der Waals surface area contributed by atoms with Crippen molar-refractivity contribution in [2.45, 2.75) is 13.0 Å². The molecule has 0 radical (unpaired) electrons. The number of carbonyl (C=O) groups is 1. The Morgan fingerprint density at radius 1 is 1.07 bits per heavy atom. The maximum Gasteiger partial charge on any atom is 0.255 e. The van der Waals surface area contributed by atoms with E-state index in [1.165, 1.54) is 30.3 Å². The number of hydrogen-bond acceptors (Lipinski definition) is 5. The minimum Gasteiger partial charge on any atom is -0.334 e. The smallest absolute Gasteiger partial charge is 0.255 e. The second-order valence-corrected chi connectivity index (χ2v) is 6.37. The number of ketones is 1. The summed E-state index contributed by atoms with van der Waals surface area (Å²) < 4.78 is 14.7. The molecule has 0 aliphatic carbocycles. The van der Waals surface area contributed by atoms with E-state index in [1.54, 1.807) is 34.0 Å². The molecular weight excluding hydrogens is 347 g/mol. The molecule has 3 aromatic rings. The van der Waals surface area contributed by atoms with Gasteiger partial charge in [-0.15, -0.1) is 0 Å². The van der Waals surface area contributed by atoms with Crippen LogP contribution in [0.5, 0.6) is 0 Å². The maximum atomic E-state index is 13.1. The van der Waals surface area contributed by atoms with Gasteiger partial charge in [0.2, 0.25) is 5.95 Å². The topological polar surface area (TPSA) is 68.1 Å². The van der Waals surface area contributed by atoms with Crippen molar-refractivity contribution >= 4 is 11.7 Å². The second-order valence-electron chi connectivity index (χ2n) is 6.37. The van der Waals surface area contributed by atoms with Crippen LogP contribution in [-0.4, -0.2) is 33.4 Å². The van der Waals surface area contributed by atoms with E-state index in [0.29, 0.717) is 30.3 Å². The minimum absolute atomic E-state index is 0.0812. The molecule has 2 aromatic heterocycles. The molecule has 0 unspecified atom stereocenters. The number of hydrogen-bond donors (Lipinski definition) is 0. The van der Waals surface area contributed by atoms with Gasteiger partial charge in [0.25, 0.3) is 5.56 Å². The van der Waals surface area contributed by atoms with E-state index in [9.17, 15) is 14.0 Å². The summed E-state index contributed by atoms with van der Waals surface area (Å²) in [6, 6.07) is 10.5. The van der Waals surface area contributed by atoms with Gasteiger partial charge in [0.1, 0.15) is 5.82 Å². The first-order chi connectivity index (χ1) is 13.1. The molecule has 3 heterocycles. The quantitative estimate of drug-likeness (QED) is 0.666. The Hall–Kier alpha value is -3.35. The van der Waals surface area contributed by atoms with Gasteiger partial charge < -0.3 is 4.90 Å². The van der Waals surface area contributed by atoms with Gasteiger partial charge >= 0.3 is 0 Å². The molecule has 0 fully saturated rings. The highest BCUT2D eigenvalue weighted by Gasteiger charge is 2.23. The zero-order valence-electron chi connectivity index (χ0n) is 14.5. The largest absolute Gasteiger partial charge is 0.334 e. The van der Waals surface area contributed by atoms with Crippen LogP contribution in [0.3, 0.4) is 0 Å². The van der Waals surface area contributed by atoms with Gasteiger partial charge in [-0.05, 0) is 42.8 Å². The lowest BCUT2D eigenvalue weighted by Crippen LogP contribution is -2.41. The van der Waals surface area contributed by atoms with Crippen molar-refractivity contribution < 1.29 is 9.18 Å². The highest BCUT2D eigenvalue weighted by Crippen LogP contribution is 2.22. The molecule has 0 saturated heterocycles. The van der Waals surface area contributed by atoms with E-state index in [-0.39, 0.29) is 23.7 Å². The number of fused-ring (bicyclic) bond motifs is 1. The average molecular weight is 364 g/mol. The third kappa shape index (κ3) is 3.48. The van der Waals surface area contributed by atoms with Crippen molar-refractivity contribution in [3.05, 3.63) is 76.6 Å². The zero-order valence-corrected chi connectivity index (χ0v) is 14.5. The van der Waals surface area contributed by atoms with Crippen molar-refractivity contribution in [1.29, 1.82) is 0 Å². The highest BCUT2D eigenvalue weighted by atomic mass is 19.1. The predicted octanol–water partition coefficient (Wildman–Crippen LogP) is 2.54. The van der Waals surface area contributed by atoms with Crippen molar-refractivity contribution in [3.63, 3.8) is 0 Å². The standard InChI is InChI=1S/C20H17FN4O2/c21-16-4-2-15(3-5-16)18(26)13-24-10-1-11-25-19(27)12-17(23-20(24)25)14-6-8-22-9-7-14/h2-9,12H,1,10-11,13H2. The Balaban J connectivity index is 1.67. The number of carbonyl (C=O) groups excluding carboxylic acids is 1. The number of benzene rings is 1. The van der Waals surface area contributed by atoms with Crippen LogP contribution in [0.2, 0.25) is 0 Å². The first-order valence-electron chi connectivity index (χ1n) is 8.68. The van der Waals surface area contributed by atoms with E-state index < -0.39 is 0 Å². The van der Waals surface area contributed by atoms with Crippen LogP contribution in [0.4, 0.5) is 10.3 Å². The minimum atomic E-state index is -0.384. The Bertz CT molecular complexity index is 1030. The summed E-state index contributed by atoms with van der Waals surface area (Å²) in [7, 11) is 0. The van der Waals surface area contributed by atoms with Crippen molar-refractivity contribution in [3.8, 4) is 11.3 Å². The van der Waals surface area contributed by atoms with Crippen LogP contribution in [0.1, 0.15) is 16.8 Å². The van der Waals surface area contributed by atoms with Crippen LogP contribution in [-0.2, 0) is 6.54 Å². The monoisotopic (exact) mass is 364 g/mol. The molecule has 1 aromatic carbocycles. The zero-order chi connectivity index (χ0) is 18.8. The molecule has 0 atom stereocenters. The van der Waals surface area contributed by atoms with Gasteiger partial charge in [0.15, 0.2) is 5.78 Å². The number of rotatable bonds is 4. The number of nitrogens with zero attached hydrogens (tertiary/aromatic N) is 4. The summed E-state index contributed by atoms with van der Waals surface area (Å²) >= 11 is 0. The fourth-order valence-electron chi connectivity index (χ4n) is 3.19. The lowest BCUT2D eigenvalue weighted by atomic mass is 10.1. The van der Waals surface area contributed by atoms with Gasteiger partial charge in [0.05, 0.1) is 12.2 Å². The highest BCUT2D eigenvalue weighted by molar-refractivity contribution is 5.99. The summed E-state index contributed by atoms with van der Waals surface area (Å²) in [5.74, 6) is -0.0480. The molecule has 1 aliphatic rings. The summed E-state index contributed by atoms with van der Waals surface area (Å²) in [5, 5.41) is 0. The Labute approximate surface area is 154 Å². The predicted molar refractivity (Wildman–Crippen MR) is 99.3 cm³/mol. The number of aromatic nitrogens is 3. The van der Waals surface area contributed by atoms with Crippen LogP contribution in [0.25, 0.3) is 11.3 Å². The van der Waals surface area contributed by atoms with Crippen LogP contribution >= 0.6 is 0 Å². The molecular formula is C20H17FN4O2. The molecule has 136 valence electrons. The van der Waals surface area contributed by atoms with E-state index in [1.807, 2.05) is 0 Å². The van der Waals surface area contributed by atoms with E-state index in [0.717, 1.165) is 12.0 Å². The van der Waals surface area contributed by atoms with Crippen LogP contribution in [0, 0.1) is 5.82 Å².